The molecule has 110 valence electrons. The SMILES string of the molecule is N#CCC(=O)NC1CCN(C(=O)c2ccc(N)cc2)CC1. The van der Waals surface area contributed by atoms with E-state index in [-0.39, 0.29) is 24.3 Å². The molecule has 0 radical (unpaired) electrons. The van der Waals surface area contributed by atoms with Crippen LogP contribution in [0.15, 0.2) is 24.3 Å². The number of hydrogen-bond acceptors (Lipinski definition) is 4. The standard InChI is InChI=1S/C15H18N4O2/c16-8-5-14(20)18-13-6-9-19(10-7-13)15(21)11-1-3-12(17)4-2-11/h1-4,13H,5-7,9-10,17H2,(H,18,20). The van der Waals surface area contributed by atoms with E-state index < -0.39 is 0 Å². The van der Waals surface area contributed by atoms with E-state index in [0.717, 1.165) is 0 Å². The molecular weight excluding hydrogens is 268 g/mol. The van der Waals surface area contributed by atoms with Gasteiger partial charge in [0.15, 0.2) is 0 Å². The van der Waals surface area contributed by atoms with Crippen LogP contribution in [0.25, 0.3) is 0 Å². The molecule has 1 aliphatic rings. The fourth-order valence-corrected chi connectivity index (χ4v) is 2.39. The molecule has 0 aliphatic carbocycles. The molecule has 6 nitrogen and oxygen atoms in total. The van der Waals surface area contributed by atoms with Gasteiger partial charge in [-0.2, -0.15) is 5.26 Å². The van der Waals surface area contributed by atoms with Gasteiger partial charge in [0, 0.05) is 30.4 Å². The van der Waals surface area contributed by atoms with Gasteiger partial charge in [-0.05, 0) is 37.1 Å². The van der Waals surface area contributed by atoms with E-state index in [1.807, 2.05) is 6.07 Å². The maximum absolute atomic E-state index is 12.3. The minimum Gasteiger partial charge on any atom is -0.399 e. The zero-order valence-electron chi connectivity index (χ0n) is 11.7. The van der Waals surface area contributed by atoms with Gasteiger partial charge in [0.1, 0.15) is 6.42 Å². The Balaban J connectivity index is 1.86. The molecule has 3 N–H and O–H groups in total. The average molecular weight is 286 g/mol. The molecule has 2 rings (SSSR count). The summed E-state index contributed by atoms with van der Waals surface area (Å²) in [5, 5.41) is 11.3. The number of piperidine rings is 1. The van der Waals surface area contributed by atoms with E-state index in [4.69, 9.17) is 11.0 Å². The normalized spacial score (nSPS) is 15.3. The fourth-order valence-electron chi connectivity index (χ4n) is 2.39. The van der Waals surface area contributed by atoms with Gasteiger partial charge in [-0.1, -0.05) is 0 Å². The number of carbonyl (C=O) groups is 2. The number of anilines is 1. The van der Waals surface area contributed by atoms with Gasteiger partial charge >= 0.3 is 0 Å². The number of rotatable bonds is 3. The Bertz CT molecular complexity index is 554. The Morgan fingerprint density at radius 2 is 1.90 bits per heavy atom. The minimum atomic E-state index is -0.249. The first kappa shape index (κ1) is 14.9. The monoisotopic (exact) mass is 286 g/mol. The van der Waals surface area contributed by atoms with Crippen molar-refractivity contribution in [1.29, 1.82) is 5.26 Å². The van der Waals surface area contributed by atoms with Crippen LogP contribution >= 0.6 is 0 Å². The van der Waals surface area contributed by atoms with Gasteiger partial charge in [0.2, 0.25) is 5.91 Å². The van der Waals surface area contributed by atoms with Crippen LogP contribution in [0.1, 0.15) is 29.6 Å². The van der Waals surface area contributed by atoms with Crippen LogP contribution in [-0.4, -0.2) is 35.8 Å². The van der Waals surface area contributed by atoms with E-state index in [0.29, 0.717) is 37.2 Å². The number of amides is 2. The van der Waals surface area contributed by atoms with Gasteiger partial charge in [-0.15, -0.1) is 0 Å². The quantitative estimate of drug-likeness (QED) is 0.806. The highest BCUT2D eigenvalue weighted by Gasteiger charge is 2.24. The summed E-state index contributed by atoms with van der Waals surface area (Å²) in [6.07, 6.45) is 1.29. The lowest BCUT2D eigenvalue weighted by Crippen LogP contribution is -2.46. The number of nitrogens with zero attached hydrogens (tertiary/aromatic N) is 2. The summed E-state index contributed by atoms with van der Waals surface area (Å²) in [6, 6.07) is 8.73. The Labute approximate surface area is 123 Å². The van der Waals surface area contributed by atoms with Crippen LogP contribution in [0, 0.1) is 11.3 Å². The molecule has 6 heteroatoms. The van der Waals surface area contributed by atoms with Crippen molar-refractivity contribution >= 4 is 17.5 Å². The zero-order chi connectivity index (χ0) is 15.2. The molecule has 1 fully saturated rings. The second-order valence-electron chi connectivity index (χ2n) is 5.09. The van der Waals surface area contributed by atoms with Gasteiger partial charge in [-0.3, -0.25) is 9.59 Å². The molecule has 0 aromatic heterocycles. The molecule has 0 bridgehead atoms. The molecule has 0 spiro atoms. The van der Waals surface area contributed by atoms with Crippen LogP contribution in [0.2, 0.25) is 0 Å². The Hall–Kier alpha value is -2.55. The highest BCUT2D eigenvalue weighted by Crippen LogP contribution is 2.15. The molecule has 0 saturated carbocycles. The number of likely N-dealkylation sites (tertiary alicyclic amines) is 1. The summed E-state index contributed by atoms with van der Waals surface area (Å²) >= 11 is 0. The predicted octanol–water partition coefficient (Wildman–Crippen LogP) is 0.903. The zero-order valence-corrected chi connectivity index (χ0v) is 11.7. The van der Waals surface area contributed by atoms with Gasteiger partial charge in [0.05, 0.1) is 6.07 Å². The molecule has 2 amide bonds. The van der Waals surface area contributed by atoms with Crippen molar-refractivity contribution in [2.45, 2.75) is 25.3 Å². The molecule has 0 unspecified atom stereocenters. The maximum Gasteiger partial charge on any atom is 0.253 e. The van der Waals surface area contributed by atoms with Crippen molar-refractivity contribution in [1.82, 2.24) is 10.2 Å². The smallest absolute Gasteiger partial charge is 0.253 e. The molecule has 1 aromatic carbocycles. The molecular formula is C15H18N4O2. The molecule has 21 heavy (non-hydrogen) atoms. The van der Waals surface area contributed by atoms with Gasteiger partial charge in [0.25, 0.3) is 5.91 Å². The summed E-state index contributed by atoms with van der Waals surface area (Å²) in [7, 11) is 0. The second kappa shape index (κ2) is 6.75. The lowest BCUT2D eigenvalue weighted by atomic mass is 10.0. The number of carbonyl (C=O) groups excluding carboxylic acids is 2. The number of nitrogens with one attached hydrogen (secondary N) is 1. The van der Waals surface area contributed by atoms with E-state index in [1.54, 1.807) is 29.2 Å². The minimum absolute atomic E-state index is 0.0169. The summed E-state index contributed by atoms with van der Waals surface area (Å²) < 4.78 is 0. The van der Waals surface area contributed by atoms with Crippen molar-refractivity contribution < 1.29 is 9.59 Å². The number of nitrogen functional groups attached to an aromatic ring is 1. The predicted molar refractivity (Wildman–Crippen MR) is 78.2 cm³/mol. The third-order valence-corrected chi connectivity index (χ3v) is 3.54. The first-order chi connectivity index (χ1) is 10.1. The summed E-state index contributed by atoms with van der Waals surface area (Å²) in [5.74, 6) is -0.266. The number of hydrogen-bond donors (Lipinski definition) is 2. The van der Waals surface area contributed by atoms with Gasteiger partial charge in [-0.25, -0.2) is 0 Å². The van der Waals surface area contributed by atoms with E-state index >= 15 is 0 Å². The van der Waals surface area contributed by atoms with Crippen LogP contribution < -0.4 is 11.1 Å². The van der Waals surface area contributed by atoms with E-state index in [9.17, 15) is 9.59 Å². The lowest BCUT2D eigenvalue weighted by Gasteiger charge is -2.32. The van der Waals surface area contributed by atoms with Crippen molar-refractivity contribution in [2.24, 2.45) is 0 Å². The first-order valence-corrected chi connectivity index (χ1v) is 6.91. The third kappa shape index (κ3) is 3.96. The van der Waals surface area contributed by atoms with Crippen LogP contribution in [0.4, 0.5) is 5.69 Å². The number of benzene rings is 1. The Morgan fingerprint density at radius 1 is 1.29 bits per heavy atom. The largest absolute Gasteiger partial charge is 0.399 e. The molecule has 1 saturated heterocycles. The number of nitriles is 1. The van der Waals surface area contributed by atoms with Crippen LogP contribution in [0.5, 0.6) is 0 Å². The molecule has 1 aliphatic heterocycles. The average Bonchev–Trinajstić information content (AvgIpc) is 2.48. The highest BCUT2D eigenvalue weighted by molar-refractivity contribution is 5.94. The molecule has 0 atom stereocenters. The second-order valence-corrected chi connectivity index (χ2v) is 5.09. The van der Waals surface area contributed by atoms with E-state index in [2.05, 4.69) is 5.32 Å². The molecule has 1 aromatic rings. The van der Waals surface area contributed by atoms with Crippen molar-refractivity contribution in [3.8, 4) is 6.07 Å². The summed E-state index contributed by atoms with van der Waals surface area (Å²) in [4.78, 5) is 25.4. The Kier molecular flexibility index (Phi) is 4.77. The summed E-state index contributed by atoms with van der Waals surface area (Å²) in [6.45, 7) is 1.20. The maximum atomic E-state index is 12.3. The molecule has 1 heterocycles. The third-order valence-electron chi connectivity index (χ3n) is 3.54. The van der Waals surface area contributed by atoms with Crippen LogP contribution in [0.3, 0.4) is 0 Å². The number of nitrogens with two attached hydrogens (primary N) is 1. The fraction of sp³-hybridized carbons (Fsp3) is 0.400. The summed E-state index contributed by atoms with van der Waals surface area (Å²) in [5.41, 5.74) is 6.86. The van der Waals surface area contributed by atoms with Gasteiger partial charge < -0.3 is 16.0 Å². The van der Waals surface area contributed by atoms with Crippen molar-refractivity contribution in [3.63, 3.8) is 0 Å². The van der Waals surface area contributed by atoms with Crippen LogP contribution in [-0.2, 0) is 4.79 Å². The topological polar surface area (TPSA) is 99.2 Å². The lowest BCUT2D eigenvalue weighted by molar-refractivity contribution is -0.121. The van der Waals surface area contributed by atoms with Crippen molar-refractivity contribution in [2.75, 3.05) is 18.8 Å². The highest BCUT2D eigenvalue weighted by atomic mass is 16.2. The first-order valence-electron chi connectivity index (χ1n) is 6.91. The van der Waals surface area contributed by atoms with E-state index in [1.165, 1.54) is 0 Å². The Morgan fingerprint density at radius 3 is 2.48 bits per heavy atom. The van der Waals surface area contributed by atoms with Crippen molar-refractivity contribution in [3.05, 3.63) is 29.8 Å².